The molecule has 56 valence electrons. The van der Waals surface area contributed by atoms with Gasteiger partial charge in [-0.15, -0.1) is 0 Å². The highest BCUT2D eigenvalue weighted by atomic mass is 16.1. The highest BCUT2D eigenvalue weighted by molar-refractivity contribution is 6.03. The van der Waals surface area contributed by atoms with Gasteiger partial charge in [0.25, 0.3) is 0 Å². The van der Waals surface area contributed by atoms with Crippen molar-refractivity contribution < 1.29 is 4.79 Å². The first kappa shape index (κ1) is 7.45. The van der Waals surface area contributed by atoms with E-state index in [1.54, 1.807) is 0 Å². The number of ketones is 1. The van der Waals surface area contributed by atoms with E-state index in [-0.39, 0.29) is 0 Å². The van der Waals surface area contributed by atoms with Crippen molar-refractivity contribution in [1.82, 2.24) is 0 Å². The van der Waals surface area contributed by atoms with E-state index in [0.29, 0.717) is 18.6 Å². The van der Waals surface area contributed by atoms with E-state index in [0.717, 1.165) is 25.1 Å². The first-order valence-corrected chi connectivity index (χ1v) is 3.87. The lowest BCUT2D eigenvalue weighted by Gasteiger charge is -2.08. The number of Topliss-reactive ketones (excluding diaryl/α,β-unsaturated/α-hetero) is 1. The van der Waals surface area contributed by atoms with Gasteiger partial charge in [-0.3, -0.25) is 9.79 Å². The van der Waals surface area contributed by atoms with Gasteiger partial charge < -0.3 is 0 Å². The molecule has 0 fully saturated rings. The van der Waals surface area contributed by atoms with Gasteiger partial charge in [0, 0.05) is 25.1 Å². The number of carbonyl (C=O) groups excluding carboxylic acids is 1. The maximum Gasteiger partial charge on any atom is 0.140 e. The van der Waals surface area contributed by atoms with Gasteiger partial charge in [0.15, 0.2) is 0 Å². The fraction of sp³-hybridized carbons (Fsp3) is 0.750. The molecule has 2 nitrogen and oxygen atoms in total. The zero-order valence-corrected chi connectivity index (χ0v) is 6.39. The number of hydrogen-bond donors (Lipinski definition) is 0. The number of aliphatic imine (C=N–C) groups is 1. The van der Waals surface area contributed by atoms with Crippen LogP contribution >= 0.6 is 0 Å². The smallest absolute Gasteiger partial charge is 0.140 e. The van der Waals surface area contributed by atoms with Crippen LogP contribution in [0.15, 0.2) is 4.99 Å². The van der Waals surface area contributed by atoms with E-state index in [2.05, 4.69) is 11.9 Å². The van der Waals surface area contributed by atoms with Crippen LogP contribution in [0.5, 0.6) is 0 Å². The second-order valence-electron chi connectivity index (χ2n) is 2.66. The van der Waals surface area contributed by atoms with Crippen molar-refractivity contribution in [2.75, 3.05) is 6.54 Å². The second kappa shape index (κ2) is 3.49. The van der Waals surface area contributed by atoms with Crippen molar-refractivity contribution in [3.63, 3.8) is 0 Å². The lowest BCUT2D eigenvalue weighted by molar-refractivity contribution is -0.118. The molecular formula is C8H13NO. The first-order chi connectivity index (χ1) is 4.83. The highest BCUT2D eigenvalue weighted by Gasteiger charge is 2.10. The molecule has 0 unspecified atom stereocenters. The molecule has 0 saturated carbocycles. The fourth-order valence-corrected chi connectivity index (χ4v) is 1.17. The van der Waals surface area contributed by atoms with Crippen molar-refractivity contribution in [1.29, 1.82) is 0 Å². The zero-order valence-electron chi connectivity index (χ0n) is 6.39. The summed E-state index contributed by atoms with van der Waals surface area (Å²) in [5, 5.41) is 0. The van der Waals surface area contributed by atoms with Crippen LogP contribution in [-0.2, 0) is 4.79 Å². The van der Waals surface area contributed by atoms with Crippen LogP contribution in [0.4, 0.5) is 0 Å². The van der Waals surface area contributed by atoms with Gasteiger partial charge in [-0.2, -0.15) is 0 Å². The average molecular weight is 139 g/mol. The minimum atomic E-state index is 0.360. The number of carbonyl (C=O) groups is 1. The summed E-state index contributed by atoms with van der Waals surface area (Å²) in [6.07, 6.45) is 3.39. The standard InChI is InChI=1S/C8H13NO/c1-2-3-7-6-8(10)4-5-9-7/h2-6H2,1H3. The quantitative estimate of drug-likeness (QED) is 0.571. The van der Waals surface area contributed by atoms with Gasteiger partial charge in [-0.05, 0) is 6.42 Å². The Hall–Kier alpha value is -0.660. The fourth-order valence-electron chi connectivity index (χ4n) is 1.17. The van der Waals surface area contributed by atoms with Gasteiger partial charge >= 0.3 is 0 Å². The number of rotatable bonds is 2. The van der Waals surface area contributed by atoms with Crippen molar-refractivity contribution in [3.8, 4) is 0 Å². The minimum absolute atomic E-state index is 0.360. The second-order valence-corrected chi connectivity index (χ2v) is 2.66. The molecule has 0 bridgehead atoms. The molecule has 1 aliphatic rings. The molecule has 0 aromatic rings. The monoisotopic (exact) mass is 139 g/mol. The third-order valence-electron chi connectivity index (χ3n) is 1.67. The Labute approximate surface area is 61.3 Å². The molecule has 1 rings (SSSR count). The lowest BCUT2D eigenvalue weighted by Crippen LogP contribution is -2.14. The molecule has 1 aliphatic heterocycles. The van der Waals surface area contributed by atoms with E-state index in [1.165, 1.54) is 0 Å². The molecule has 0 radical (unpaired) electrons. The summed E-state index contributed by atoms with van der Waals surface area (Å²) in [7, 11) is 0. The summed E-state index contributed by atoms with van der Waals surface area (Å²) >= 11 is 0. The molecule has 0 aromatic heterocycles. The van der Waals surface area contributed by atoms with Crippen molar-refractivity contribution in [2.45, 2.75) is 32.6 Å². The molecule has 0 atom stereocenters. The maximum atomic E-state index is 10.9. The minimum Gasteiger partial charge on any atom is -0.299 e. The Morgan fingerprint density at radius 1 is 1.60 bits per heavy atom. The van der Waals surface area contributed by atoms with E-state index in [4.69, 9.17) is 0 Å². The van der Waals surface area contributed by atoms with Crippen molar-refractivity contribution in [2.24, 2.45) is 4.99 Å². The largest absolute Gasteiger partial charge is 0.299 e. The third kappa shape index (κ3) is 1.94. The predicted molar refractivity (Wildman–Crippen MR) is 41.5 cm³/mol. The van der Waals surface area contributed by atoms with E-state index < -0.39 is 0 Å². The molecule has 0 aromatic carbocycles. The summed E-state index contributed by atoms with van der Waals surface area (Å²) in [5.41, 5.74) is 1.11. The Morgan fingerprint density at radius 2 is 2.40 bits per heavy atom. The number of hydrogen-bond acceptors (Lipinski definition) is 2. The maximum absolute atomic E-state index is 10.9. The molecule has 2 heteroatoms. The van der Waals surface area contributed by atoms with Crippen LogP contribution < -0.4 is 0 Å². The van der Waals surface area contributed by atoms with Crippen LogP contribution in [-0.4, -0.2) is 18.0 Å². The zero-order chi connectivity index (χ0) is 7.40. The van der Waals surface area contributed by atoms with Gasteiger partial charge in [-0.25, -0.2) is 0 Å². The van der Waals surface area contributed by atoms with Crippen LogP contribution in [0.3, 0.4) is 0 Å². The van der Waals surface area contributed by atoms with Crippen LogP contribution in [0.2, 0.25) is 0 Å². The summed E-state index contributed by atoms with van der Waals surface area (Å²) in [6, 6.07) is 0. The van der Waals surface area contributed by atoms with E-state index >= 15 is 0 Å². The normalized spacial score (nSPS) is 18.9. The summed E-state index contributed by atoms with van der Waals surface area (Å²) in [4.78, 5) is 15.1. The van der Waals surface area contributed by atoms with Gasteiger partial charge in [0.1, 0.15) is 5.78 Å². The molecule has 1 heterocycles. The molecule has 0 saturated heterocycles. The summed E-state index contributed by atoms with van der Waals surface area (Å²) in [6.45, 7) is 2.84. The number of nitrogens with zero attached hydrogens (tertiary/aromatic N) is 1. The first-order valence-electron chi connectivity index (χ1n) is 3.87. The van der Waals surface area contributed by atoms with Crippen molar-refractivity contribution in [3.05, 3.63) is 0 Å². The Balaban J connectivity index is 2.43. The summed E-state index contributed by atoms with van der Waals surface area (Å²) in [5.74, 6) is 0.360. The lowest BCUT2D eigenvalue weighted by atomic mass is 10.0. The Morgan fingerprint density at radius 3 is 3.00 bits per heavy atom. The third-order valence-corrected chi connectivity index (χ3v) is 1.67. The highest BCUT2D eigenvalue weighted by Crippen LogP contribution is 2.06. The average Bonchev–Trinajstić information content (AvgIpc) is 1.88. The predicted octanol–water partition coefficient (Wildman–Crippen LogP) is 1.59. The topological polar surface area (TPSA) is 29.4 Å². The van der Waals surface area contributed by atoms with Crippen LogP contribution in [0, 0.1) is 0 Å². The van der Waals surface area contributed by atoms with Crippen LogP contribution in [0.1, 0.15) is 32.6 Å². The van der Waals surface area contributed by atoms with E-state index in [9.17, 15) is 4.79 Å². The van der Waals surface area contributed by atoms with Gasteiger partial charge in [0.2, 0.25) is 0 Å². The summed E-state index contributed by atoms with van der Waals surface area (Å²) < 4.78 is 0. The van der Waals surface area contributed by atoms with Gasteiger partial charge in [0.05, 0.1) is 0 Å². The molecule has 0 aliphatic carbocycles. The van der Waals surface area contributed by atoms with Gasteiger partial charge in [-0.1, -0.05) is 13.3 Å². The molecular weight excluding hydrogens is 126 g/mol. The molecule has 0 spiro atoms. The van der Waals surface area contributed by atoms with Crippen LogP contribution in [0.25, 0.3) is 0 Å². The van der Waals surface area contributed by atoms with Crippen molar-refractivity contribution >= 4 is 11.5 Å². The Bertz CT molecular complexity index is 161. The van der Waals surface area contributed by atoms with E-state index in [1.807, 2.05) is 0 Å². The molecule has 0 amide bonds. The molecule has 0 N–H and O–H groups in total. The SMILES string of the molecule is CCCC1=NCCC(=O)C1. The molecule has 10 heavy (non-hydrogen) atoms. The Kier molecular flexibility index (Phi) is 2.60.